The predicted octanol–water partition coefficient (Wildman–Crippen LogP) is 2.59. The number of hydrogen-bond acceptors (Lipinski definition) is 3. The number of hydrogen-bond donors (Lipinski definition) is 1. The molecule has 4 heteroatoms. The molecule has 1 atom stereocenters. The molecular weight excluding hydrogens is 223 g/mol. The summed E-state index contributed by atoms with van der Waals surface area (Å²) in [5.41, 5.74) is 0.803. The van der Waals surface area contributed by atoms with Gasteiger partial charge in [0, 0.05) is 0 Å². The topological polar surface area (TPSA) is 46.5 Å². The lowest BCUT2D eigenvalue weighted by atomic mass is 9.91. The molecule has 2 rings (SSSR count). The summed E-state index contributed by atoms with van der Waals surface area (Å²) in [6, 6.07) is 4.26. The molecule has 1 saturated carbocycles. The zero-order valence-corrected chi connectivity index (χ0v) is 9.65. The second-order valence-electron chi connectivity index (χ2n) is 4.44. The zero-order chi connectivity index (χ0) is 12.4. The molecule has 92 valence electrons. The minimum atomic E-state index is -0.638. The normalized spacial score (nSPS) is 16.6. The third-order valence-corrected chi connectivity index (χ3v) is 3.20. The second kappa shape index (κ2) is 4.73. The van der Waals surface area contributed by atoms with E-state index in [1.807, 2.05) is 0 Å². The molecule has 0 aliphatic heterocycles. The van der Waals surface area contributed by atoms with E-state index in [1.54, 1.807) is 6.07 Å². The maximum atomic E-state index is 13.0. The van der Waals surface area contributed by atoms with Crippen molar-refractivity contribution in [1.82, 2.24) is 0 Å². The molecule has 0 heterocycles. The lowest BCUT2D eigenvalue weighted by molar-refractivity contribution is -0.141. The average molecular weight is 238 g/mol. The highest BCUT2D eigenvalue weighted by Crippen LogP contribution is 2.45. The number of phenols is 1. The van der Waals surface area contributed by atoms with Crippen LogP contribution in [0.25, 0.3) is 0 Å². The van der Waals surface area contributed by atoms with E-state index in [0.717, 1.165) is 18.4 Å². The fraction of sp³-hybridized carbons (Fsp3) is 0.462. The van der Waals surface area contributed by atoms with Crippen LogP contribution in [0.5, 0.6) is 5.75 Å². The number of ether oxygens (including phenoxy) is 1. The summed E-state index contributed by atoms with van der Waals surface area (Å²) in [5, 5.41) is 9.35. The Morgan fingerprint density at radius 2 is 2.29 bits per heavy atom. The van der Waals surface area contributed by atoms with E-state index in [1.165, 1.54) is 19.2 Å². The van der Waals surface area contributed by atoms with Gasteiger partial charge in [-0.05, 0) is 42.4 Å². The molecule has 1 aromatic carbocycles. The van der Waals surface area contributed by atoms with Crippen molar-refractivity contribution < 1.29 is 19.0 Å². The highest BCUT2D eigenvalue weighted by atomic mass is 19.1. The molecule has 0 bridgehead atoms. The fourth-order valence-electron chi connectivity index (χ4n) is 2.08. The van der Waals surface area contributed by atoms with E-state index in [-0.39, 0.29) is 24.1 Å². The smallest absolute Gasteiger partial charge is 0.306 e. The van der Waals surface area contributed by atoms with Gasteiger partial charge in [0.25, 0.3) is 0 Å². The van der Waals surface area contributed by atoms with Crippen LogP contribution in [0.15, 0.2) is 18.2 Å². The molecule has 0 saturated heterocycles. The average Bonchev–Trinajstić information content (AvgIpc) is 3.13. The molecule has 1 unspecified atom stereocenters. The van der Waals surface area contributed by atoms with Crippen molar-refractivity contribution in [2.24, 2.45) is 5.92 Å². The molecule has 3 nitrogen and oxygen atoms in total. The maximum Gasteiger partial charge on any atom is 0.306 e. The first-order chi connectivity index (χ1) is 8.11. The number of phenolic OH excluding ortho intramolecular Hbond substituents is 1. The Morgan fingerprint density at radius 1 is 1.59 bits per heavy atom. The minimum Gasteiger partial charge on any atom is -0.505 e. The standard InChI is InChI=1S/C13H15FO3/c1-17-13(16)7-10(8-2-3-8)9-4-5-11(14)12(15)6-9/h4-6,8,10,15H,2-3,7H2,1H3. The van der Waals surface area contributed by atoms with Crippen LogP contribution in [0.2, 0.25) is 0 Å². The van der Waals surface area contributed by atoms with Crippen LogP contribution in [0.4, 0.5) is 4.39 Å². The van der Waals surface area contributed by atoms with Gasteiger partial charge in [-0.15, -0.1) is 0 Å². The van der Waals surface area contributed by atoms with Gasteiger partial charge in [-0.25, -0.2) is 4.39 Å². The molecule has 1 fully saturated rings. The molecule has 1 aromatic rings. The zero-order valence-electron chi connectivity index (χ0n) is 9.65. The number of rotatable bonds is 4. The van der Waals surface area contributed by atoms with Crippen LogP contribution in [-0.2, 0) is 9.53 Å². The molecule has 1 N–H and O–H groups in total. The summed E-state index contributed by atoms with van der Waals surface area (Å²) in [5.74, 6) is -0.807. The van der Waals surface area contributed by atoms with Gasteiger partial charge in [0.15, 0.2) is 11.6 Å². The Labute approximate surface area is 99.2 Å². The summed E-state index contributed by atoms with van der Waals surface area (Å²) < 4.78 is 17.6. The minimum absolute atomic E-state index is 0.0222. The van der Waals surface area contributed by atoms with Gasteiger partial charge in [-0.1, -0.05) is 6.07 Å². The quantitative estimate of drug-likeness (QED) is 0.820. The third-order valence-electron chi connectivity index (χ3n) is 3.20. The Hall–Kier alpha value is -1.58. The fourth-order valence-corrected chi connectivity index (χ4v) is 2.08. The van der Waals surface area contributed by atoms with Crippen LogP contribution in [0.1, 0.15) is 30.7 Å². The van der Waals surface area contributed by atoms with Crippen LogP contribution < -0.4 is 0 Å². The van der Waals surface area contributed by atoms with E-state index >= 15 is 0 Å². The molecule has 0 aromatic heterocycles. The largest absolute Gasteiger partial charge is 0.505 e. The summed E-state index contributed by atoms with van der Waals surface area (Å²) in [6.45, 7) is 0. The first kappa shape index (κ1) is 11.9. The summed E-state index contributed by atoms with van der Waals surface area (Å²) >= 11 is 0. The molecule has 0 radical (unpaired) electrons. The van der Waals surface area contributed by atoms with Gasteiger partial charge in [0.1, 0.15) is 0 Å². The Balaban J connectivity index is 2.20. The lowest BCUT2D eigenvalue weighted by Gasteiger charge is -2.15. The van der Waals surface area contributed by atoms with Crippen molar-refractivity contribution in [3.63, 3.8) is 0 Å². The monoisotopic (exact) mass is 238 g/mol. The summed E-state index contributed by atoms with van der Waals surface area (Å²) in [4.78, 5) is 11.3. The summed E-state index contributed by atoms with van der Waals surface area (Å²) in [7, 11) is 1.36. The van der Waals surface area contributed by atoms with E-state index in [4.69, 9.17) is 0 Å². The van der Waals surface area contributed by atoms with E-state index in [0.29, 0.717) is 5.92 Å². The Morgan fingerprint density at radius 3 is 2.82 bits per heavy atom. The van der Waals surface area contributed by atoms with Crippen LogP contribution in [-0.4, -0.2) is 18.2 Å². The van der Waals surface area contributed by atoms with E-state index in [9.17, 15) is 14.3 Å². The van der Waals surface area contributed by atoms with Crippen LogP contribution in [0, 0.1) is 11.7 Å². The number of halogens is 1. The molecule has 0 amide bonds. The van der Waals surface area contributed by atoms with Crippen molar-refractivity contribution in [1.29, 1.82) is 0 Å². The first-order valence-electron chi connectivity index (χ1n) is 5.67. The van der Waals surface area contributed by atoms with Crippen LogP contribution >= 0.6 is 0 Å². The third kappa shape index (κ3) is 2.75. The molecule has 1 aliphatic rings. The predicted molar refractivity (Wildman–Crippen MR) is 60.2 cm³/mol. The number of esters is 1. The van der Waals surface area contributed by atoms with Crippen LogP contribution in [0.3, 0.4) is 0 Å². The lowest BCUT2D eigenvalue weighted by Crippen LogP contribution is -2.10. The van der Waals surface area contributed by atoms with Crippen molar-refractivity contribution in [3.8, 4) is 5.75 Å². The van der Waals surface area contributed by atoms with Crippen molar-refractivity contribution in [3.05, 3.63) is 29.6 Å². The van der Waals surface area contributed by atoms with Crippen molar-refractivity contribution in [2.75, 3.05) is 7.11 Å². The number of methoxy groups -OCH3 is 1. The number of aromatic hydroxyl groups is 1. The molecule has 0 spiro atoms. The molecular formula is C13H15FO3. The maximum absolute atomic E-state index is 13.0. The highest BCUT2D eigenvalue weighted by Gasteiger charge is 2.34. The van der Waals surface area contributed by atoms with Gasteiger partial charge in [0.2, 0.25) is 0 Å². The molecule has 1 aliphatic carbocycles. The Bertz CT molecular complexity index is 427. The van der Waals surface area contributed by atoms with Crippen molar-refractivity contribution in [2.45, 2.75) is 25.2 Å². The summed E-state index contributed by atoms with van der Waals surface area (Å²) in [6.07, 6.45) is 2.42. The first-order valence-corrected chi connectivity index (χ1v) is 5.67. The second-order valence-corrected chi connectivity index (χ2v) is 4.44. The highest BCUT2D eigenvalue weighted by molar-refractivity contribution is 5.70. The molecule has 17 heavy (non-hydrogen) atoms. The van der Waals surface area contributed by atoms with Gasteiger partial charge in [-0.3, -0.25) is 4.79 Å². The van der Waals surface area contributed by atoms with Crippen molar-refractivity contribution >= 4 is 5.97 Å². The van der Waals surface area contributed by atoms with Gasteiger partial charge >= 0.3 is 5.97 Å². The van der Waals surface area contributed by atoms with E-state index < -0.39 is 5.82 Å². The Kier molecular flexibility index (Phi) is 3.31. The number of carbonyl (C=O) groups excluding carboxylic acids is 1. The van der Waals surface area contributed by atoms with Gasteiger partial charge in [0.05, 0.1) is 13.5 Å². The van der Waals surface area contributed by atoms with E-state index in [2.05, 4.69) is 4.74 Å². The van der Waals surface area contributed by atoms with Gasteiger partial charge in [-0.2, -0.15) is 0 Å². The SMILES string of the molecule is COC(=O)CC(c1ccc(F)c(O)c1)C1CC1. The van der Waals surface area contributed by atoms with Gasteiger partial charge < -0.3 is 9.84 Å². The number of carbonyl (C=O) groups is 1. The number of benzene rings is 1.